The van der Waals surface area contributed by atoms with E-state index < -0.39 is 0 Å². The summed E-state index contributed by atoms with van der Waals surface area (Å²) in [4.78, 5) is 21.4. The Hall–Kier alpha value is -1.30. The molecular weight excluding hydrogens is 272 g/mol. The van der Waals surface area contributed by atoms with Crippen molar-refractivity contribution in [2.75, 3.05) is 30.8 Å². The van der Waals surface area contributed by atoms with Gasteiger partial charge in [-0.3, -0.25) is 4.79 Å². The van der Waals surface area contributed by atoms with Crippen molar-refractivity contribution in [2.45, 2.75) is 46.6 Å². The van der Waals surface area contributed by atoms with Crippen molar-refractivity contribution >= 4 is 28.2 Å². The summed E-state index contributed by atoms with van der Waals surface area (Å²) in [6, 6.07) is 0.167. The van der Waals surface area contributed by atoms with Gasteiger partial charge in [-0.2, -0.15) is 0 Å². The third-order valence-corrected chi connectivity index (χ3v) is 4.24. The van der Waals surface area contributed by atoms with Gasteiger partial charge < -0.3 is 15.5 Å². The summed E-state index contributed by atoms with van der Waals surface area (Å²) in [5.74, 6) is 0.340. The van der Waals surface area contributed by atoms with Crippen LogP contribution in [0.5, 0.6) is 0 Å². The lowest BCUT2D eigenvalue weighted by Crippen LogP contribution is -2.37. The van der Waals surface area contributed by atoms with Gasteiger partial charge in [0.25, 0.3) is 5.91 Å². The molecule has 0 aliphatic heterocycles. The number of carbonyl (C=O) groups is 1. The van der Waals surface area contributed by atoms with Crippen molar-refractivity contribution < 1.29 is 4.79 Å². The third kappa shape index (κ3) is 3.85. The summed E-state index contributed by atoms with van der Waals surface area (Å²) in [5, 5.41) is 0.813. The van der Waals surface area contributed by atoms with Crippen molar-refractivity contribution in [1.82, 2.24) is 9.88 Å². The predicted octanol–water partition coefficient (Wildman–Crippen LogP) is 2.83. The molecule has 0 saturated carbocycles. The normalized spacial score (nSPS) is 10.9. The Bertz CT molecular complexity index is 444. The van der Waals surface area contributed by atoms with Gasteiger partial charge in [0.15, 0.2) is 5.13 Å². The minimum atomic E-state index is -0.00648. The highest BCUT2D eigenvalue weighted by atomic mass is 32.1. The lowest BCUT2D eigenvalue weighted by Gasteiger charge is -2.25. The molecule has 114 valence electrons. The molecule has 1 aromatic heterocycles. The number of hydrogen-bond acceptors (Lipinski definition) is 5. The second-order valence-electron chi connectivity index (χ2n) is 5.22. The van der Waals surface area contributed by atoms with Crippen LogP contribution in [0.1, 0.15) is 50.2 Å². The Morgan fingerprint density at radius 3 is 2.40 bits per heavy atom. The average molecular weight is 298 g/mol. The first-order valence-corrected chi connectivity index (χ1v) is 8.02. The van der Waals surface area contributed by atoms with E-state index in [-0.39, 0.29) is 11.9 Å². The van der Waals surface area contributed by atoms with Crippen LogP contribution in [-0.4, -0.2) is 42.0 Å². The molecule has 1 amide bonds. The third-order valence-electron chi connectivity index (χ3n) is 3.07. The molecule has 0 atom stereocenters. The molecule has 1 aromatic rings. The van der Waals surface area contributed by atoms with Crippen LogP contribution in [0, 0.1) is 0 Å². The molecule has 0 aliphatic rings. The molecule has 2 N–H and O–H groups in total. The zero-order valence-electron chi connectivity index (χ0n) is 13.1. The molecule has 0 unspecified atom stereocenters. The van der Waals surface area contributed by atoms with E-state index in [4.69, 9.17) is 5.73 Å². The van der Waals surface area contributed by atoms with Crippen molar-refractivity contribution in [3.63, 3.8) is 0 Å². The number of anilines is 2. The van der Waals surface area contributed by atoms with E-state index >= 15 is 0 Å². The monoisotopic (exact) mass is 298 g/mol. The highest BCUT2D eigenvalue weighted by Crippen LogP contribution is 2.29. The van der Waals surface area contributed by atoms with E-state index in [2.05, 4.69) is 18.8 Å². The molecule has 0 aliphatic carbocycles. The van der Waals surface area contributed by atoms with Crippen LogP contribution < -0.4 is 10.6 Å². The van der Waals surface area contributed by atoms with Crippen LogP contribution in [0.25, 0.3) is 0 Å². The fraction of sp³-hybridized carbons (Fsp3) is 0.714. The minimum Gasteiger partial charge on any atom is -0.382 e. The molecule has 1 rings (SSSR count). The Morgan fingerprint density at radius 2 is 1.90 bits per heavy atom. The van der Waals surface area contributed by atoms with Gasteiger partial charge in [0.2, 0.25) is 0 Å². The van der Waals surface area contributed by atoms with Gasteiger partial charge >= 0.3 is 0 Å². The summed E-state index contributed by atoms with van der Waals surface area (Å²) < 4.78 is 0. The fourth-order valence-corrected chi connectivity index (χ4v) is 2.96. The lowest BCUT2D eigenvalue weighted by atomic mass is 10.2. The van der Waals surface area contributed by atoms with E-state index in [9.17, 15) is 4.79 Å². The van der Waals surface area contributed by atoms with Gasteiger partial charge in [0.1, 0.15) is 10.7 Å². The summed E-state index contributed by atoms with van der Waals surface area (Å²) in [6.07, 6.45) is 1.97. The van der Waals surface area contributed by atoms with E-state index in [1.165, 1.54) is 11.3 Å². The van der Waals surface area contributed by atoms with Crippen LogP contribution >= 0.6 is 11.3 Å². The standard InChI is InChI=1S/C14H26N4OS/c1-6-8-17(5)14-16-12(15)11(20-14)13(19)18(9-7-2)10(3)4/h10H,6-9,15H2,1-5H3. The number of rotatable bonds is 7. The number of thiazole rings is 1. The van der Waals surface area contributed by atoms with Gasteiger partial charge in [-0.15, -0.1) is 0 Å². The number of carbonyl (C=O) groups excluding carboxylic acids is 1. The first-order valence-electron chi connectivity index (χ1n) is 7.20. The molecular formula is C14H26N4OS. The number of hydrogen-bond donors (Lipinski definition) is 1. The smallest absolute Gasteiger partial charge is 0.268 e. The lowest BCUT2D eigenvalue weighted by molar-refractivity contribution is 0.0712. The van der Waals surface area contributed by atoms with Crippen molar-refractivity contribution in [2.24, 2.45) is 0 Å². The molecule has 0 radical (unpaired) electrons. The van der Waals surface area contributed by atoms with Crippen LogP contribution in [0.4, 0.5) is 10.9 Å². The molecule has 0 bridgehead atoms. The Morgan fingerprint density at radius 1 is 1.30 bits per heavy atom. The molecule has 5 nitrogen and oxygen atoms in total. The maximum Gasteiger partial charge on any atom is 0.268 e. The Kier molecular flexibility index (Phi) is 6.26. The minimum absolute atomic E-state index is 0.00648. The molecule has 0 aromatic carbocycles. The molecule has 0 saturated heterocycles. The number of nitrogen functional groups attached to an aromatic ring is 1. The largest absolute Gasteiger partial charge is 0.382 e. The second kappa shape index (κ2) is 7.47. The number of nitrogens with zero attached hydrogens (tertiary/aromatic N) is 3. The van der Waals surface area contributed by atoms with Crippen molar-refractivity contribution in [1.29, 1.82) is 0 Å². The first kappa shape index (κ1) is 16.8. The average Bonchev–Trinajstić information content (AvgIpc) is 2.77. The maximum absolute atomic E-state index is 12.6. The highest BCUT2D eigenvalue weighted by molar-refractivity contribution is 7.18. The quantitative estimate of drug-likeness (QED) is 0.841. The first-order chi connectivity index (χ1) is 9.42. The second-order valence-corrected chi connectivity index (χ2v) is 6.20. The summed E-state index contributed by atoms with van der Waals surface area (Å²) in [7, 11) is 1.97. The van der Waals surface area contributed by atoms with E-state index in [0.717, 1.165) is 31.1 Å². The zero-order chi connectivity index (χ0) is 15.3. The number of aromatic nitrogens is 1. The van der Waals surface area contributed by atoms with Crippen molar-refractivity contribution in [3.8, 4) is 0 Å². The van der Waals surface area contributed by atoms with Crippen molar-refractivity contribution in [3.05, 3.63) is 4.88 Å². The predicted molar refractivity (Wildman–Crippen MR) is 86.6 cm³/mol. The SMILES string of the molecule is CCCN(C)c1nc(N)c(C(=O)N(CCC)C(C)C)s1. The van der Waals surface area contributed by atoms with Gasteiger partial charge in [0.05, 0.1) is 0 Å². The maximum atomic E-state index is 12.6. The molecule has 0 fully saturated rings. The topological polar surface area (TPSA) is 62.5 Å². The highest BCUT2D eigenvalue weighted by Gasteiger charge is 2.24. The Labute approximate surface area is 125 Å². The molecule has 6 heteroatoms. The van der Waals surface area contributed by atoms with E-state index in [1.807, 2.05) is 30.7 Å². The van der Waals surface area contributed by atoms with Gasteiger partial charge in [-0.1, -0.05) is 25.2 Å². The number of nitrogens with two attached hydrogens (primary N) is 1. The summed E-state index contributed by atoms with van der Waals surface area (Å²) >= 11 is 1.39. The Balaban J connectivity index is 2.98. The number of amides is 1. The van der Waals surface area contributed by atoms with E-state index in [1.54, 1.807) is 0 Å². The summed E-state index contributed by atoms with van der Waals surface area (Å²) in [6.45, 7) is 9.88. The van der Waals surface area contributed by atoms with Gasteiger partial charge in [-0.05, 0) is 26.7 Å². The van der Waals surface area contributed by atoms with Gasteiger partial charge in [0, 0.05) is 26.2 Å². The van der Waals surface area contributed by atoms with Crippen LogP contribution in [0.15, 0.2) is 0 Å². The van der Waals surface area contributed by atoms with Crippen LogP contribution in [0.2, 0.25) is 0 Å². The van der Waals surface area contributed by atoms with Crippen LogP contribution in [-0.2, 0) is 0 Å². The molecule has 0 spiro atoms. The van der Waals surface area contributed by atoms with Gasteiger partial charge in [-0.25, -0.2) is 4.98 Å². The summed E-state index contributed by atoms with van der Waals surface area (Å²) in [5.41, 5.74) is 5.94. The zero-order valence-corrected chi connectivity index (χ0v) is 14.0. The fourth-order valence-electron chi connectivity index (χ4n) is 2.03. The molecule has 1 heterocycles. The van der Waals surface area contributed by atoms with Crippen LogP contribution in [0.3, 0.4) is 0 Å². The van der Waals surface area contributed by atoms with E-state index in [0.29, 0.717) is 10.7 Å². The molecule has 20 heavy (non-hydrogen) atoms.